The Morgan fingerprint density at radius 3 is 2.58 bits per heavy atom. The lowest BCUT2D eigenvalue weighted by Gasteiger charge is -2.11. The van der Waals surface area contributed by atoms with Gasteiger partial charge in [-0.25, -0.2) is 13.1 Å². The van der Waals surface area contributed by atoms with Gasteiger partial charge in [-0.3, -0.25) is 0 Å². The van der Waals surface area contributed by atoms with E-state index < -0.39 is 10.0 Å². The zero-order chi connectivity index (χ0) is 17.6. The van der Waals surface area contributed by atoms with Crippen molar-refractivity contribution in [1.29, 1.82) is 0 Å². The number of rotatable bonds is 8. The van der Waals surface area contributed by atoms with Gasteiger partial charge >= 0.3 is 0 Å². The van der Waals surface area contributed by atoms with E-state index in [-0.39, 0.29) is 4.90 Å². The lowest BCUT2D eigenvalue weighted by molar-refractivity contribution is 0.402. The monoisotopic (exact) mass is 413 g/mol. The smallest absolute Gasteiger partial charge is 0.244 e. The van der Waals surface area contributed by atoms with Gasteiger partial charge in [0.1, 0.15) is 16.4 Å². The Hall–Kier alpha value is -1.57. The quantitative estimate of drug-likeness (QED) is 0.673. The van der Waals surface area contributed by atoms with Crippen molar-refractivity contribution in [2.24, 2.45) is 0 Å². The van der Waals surface area contributed by atoms with Gasteiger partial charge in [-0.15, -0.1) is 0 Å². The number of nitrogens with one attached hydrogen (secondary N) is 1. The van der Waals surface area contributed by atoms with Gasteiger partial charge in [0, 0.05) is 11.0 Å². The van der Waals surface area contributed by atoms with E-state index in [1.54, 1.807) is 19.2 Å². The highest BCUT2D eigenvalue weighted by atomic mass is 79.9. The van der Waals surface area contributed by atoms with Crippen LogP contribution in [0.4, 0.5) is 0 Å². The summed E-state index contributed by atoms with van der Waals surface area (Å²) in [6.45, 7) is 0.342. The first-order valence-corrected chi connectivity index (χ1v) is 9.70. The molecule has 0 spiro atoms. The second-order valence-electron chi connectivity index (χ2n) is 5.15. The summed E-state index contributed by atoms with van der Waals surface area (Å²) in [6, 6.07) is 12.6. The molecule has 2 rings (SSSR count). The summed E-state index contributed by atoms with van der Waals surface area (Å²) < 4.78 is 38.5. The zero-order valence-electron chi connectivity index (χ0n) is 13.6. The molecule has 0 bridgehead atoms. The highest BCUT2D eigenvalue weighted by Gasteiger charge is 2.19. The third-order valence-electron chi connectivity index (χ3n) is 3.48. The van der Waals surface area contributed by atoms with Gasteiger partial charge in [-0.1, -0.05) is 28.1 Å². The number of hydrogen-bond acceptors (Lipinski definition) is 4. The Balaban J connectivity index is 1.97. The van der Waals surface area contributed by atoms with Gasteiger partial charge < -0.3 is 9.47 Å². The van der Waals surface area contributed by atoms with Crippen LogP contribution in [-0.2, 0) is 16.4 Å². The maximum Gasteiger partial charge on any atom is 0.244 e. The molecule has 7 heteroatoms. The molecule has 0 aliphatic heterocycles. The van der Waals surface area contributed by atoms with Crippen molar-refractivity contribution >= 4 is 26.0 Å². The first-order valence-electron chi connectivity index (χ1n) is 7.42. The fourth-order valence-electron chi connectivity index (χ4n) is 2.27. The number of aryl methyl sites for hydroxylation is 1. The second-order valence-corrected chi connectivity index (χ2v) is 7.80. The van der Waals surface area contributed by atoms with Crippen molar-refractivity contribution in [2.45, 2.75) is 17.7 Å². The molecule has 0 unspecified atom stereocenters. The van der Waals surface area contributed by atoms with Gasteiger partial charge in [0.05, 0.1) is 14.2 Å². The predicted molar refractivity (Wildman–Crippen MR) is 97.2 cm³/mol. The maximum atomic E-state index is 12.4. The van der Waals surface area contributed by atoms with Crippen molar-refractivity contribution in [2.75, 3.05) is 20.8 Å². The molecule has 0 atom stereocenters. The van der Waals surface area contributed by atoms with Gasteiger partial charge in [-0.2, -0.15) is 0 Å². The average Bonchev–Trinajstić information content (AvgIpc) is 2.59. The molecule has 130 valence electrons. The van der Waals surface area contributed by atoms with E-state index in [9.17, 15) is 8.42 Å². The van der Waals surface area contributed by atoms with Crippen molar-refractivity contribution in [3.8, 4) is 11.5 Å². The molecule has 0 heterocycles. The summed E-state index contributed by atoms with van der Waals surface area (Å²) in [5, 5.41) is 0. The number of halogens is 1. The summed E-state index contributed by atoms with van der Waals surface area (Å²) in [4.78, 5) is 0.126. The van der Waals surface area contributed by atoms with Crippen LogP contribution in [0.1, 0.15) is 12.0 Å². The molecule has 0 fully saturated rings. The number of hydrogen-bond donors (Lipinski definition) is 1. The molecule has 0 aliphatic carbocycles. The standard InChI is InChI=1S/C17H20BrNO4S/c1-22-15-7-3-5-13(11-15)6-4-10-19-24(20,21)17-12-14(18)8-9-16(17)23-2/h3,5,7-9,11-12,19H,4,6,10H2,1-2H3. The van der Waals surface area contributed by atoms with E-state index in [4.69, 9.17) is 9.47 Å². The molecule has 0 saturated carbocycles. The Kier molecular flexibility index (Phi) is 6.65. The minimum absolute atomic E-state index is 0.126. The largest absolute Gasteiger partial charge is 0.497 e. The van der Waals surface area contributed by atoms with Crippen molar-refractivity contribution in [1.82, 2.24) is 4.72 Å². The lowest BCUT2D eigenvalue weighted by atomic mass is 10.1. The Morgan fingerprint density at radius 2 is 1.88 bits per heavy atom. The summed E-state index contributed by atoms with van der Waals surface area (Å²) in [5.41, 5.74) is 1.11. The highest BCUT2D eigenvalue weighted by Crippen LogP contribution is 2.27. The van der Waals surface area contributed by atoms with Crippen LogP contribution < -0.4 is 14.2 Å². The zero-order valence-corrected chi connectivity index (χ0v) is 16.0. The molecule has 5 nitrogen and oxygen atoms in total. The fourth-order valence-corrected chi connectivity index (χ4v) is 4.04. The van der Waals surface area contributed by atoms with Crippen LogP contribution in [0, 0.1) is 0 Å². The van der Waals surface area contributed by atoms with Crippen molar-refractivity contribution in [3.63, 3.8) is 0 Å². The number of ether oxygens (including phenoxy) is 2. The molecule has 2 aromatic carbocycles. The highest BCUT2D eigenvalue weighted by molar-refractivity contribution is 9.10. The van der Waals surface area contributed by atoms with Crippen molar-refractivity contribution < 1.29 is 17.9 Å². The molecule has 2 aromatic rings. The Bertz CT molecular complexity index is 793. The molecule has 0 aromatic heterocycles. The second kappa shape index (κ2) is 8.50. The molecular formula is C17H20BrNO4S. The minimum Gasteiger partial charge on any atom is -0.497 e. The third kappa shape index (κ3) is 4.96. The molecule has 0 amide bonds. The van der Waals surface area contributed by atoms with Crippen LogP contribution in [0.15, 0.2) is 51.8 Å². The molecule has 24 heavy (non-hydrogen) atoms. The van der Waals surface area contributed by atoms with E-state index in [0.29, 0.717) is 23.2 Å². The van der Waals surface area contributed by atoms with Crippen molar-refractivity contribution in [3.05, 3.63) is 52.5 Å². The van der Waals surface area contributed by atoms with Gasteiger partial charge in [0.2, 0.25) is 10.0 Å². The lowest BCUT2D eigenvalue weighted by Crippen LogP contribution is -2.25. The van der Waals surface area contributed by atoms with Gasteiger partial charge in [-0.05, 0) is 48.7 Å². The maximum absolute atomic E-state index is 12.4. The van der Waals surface area contributed by atoms with Crippen LogP contribution in [0.2, 0.25) is 0 Å². The van der Waals surface area contributed by atoms with Gasteiger partial charge in [0.25, 0.3) is 0 Å². The van der Waals surface area contributed by atoms with E-state index in [1.165, 1.54) is 13.2 Å². The molecule has 0 aliphatic rings. The first kappa shape index (κ1) is 18.8. The van der Waals surface area contributed by atoms with Crippen LogP contribution in [0.3, 0.4) is 0 Å². The number of methoxy groups -OCH3 is 2. The molecular weight excluding hydrogens is 394 g/mol. The van der Waals surface area contributed by atoms with Gasteiger partial charge in [0.15, 0.2) is 0 Å². The van der Waals surface area contributed by atoms with E-state index in [1.807, 2.05) is 24.3 Å². The van der Waals surface area contributed by atoms with E-state index >= 15 is 0 Å². The van der Waals surface area contributed by atoms with E-state index in [0.717, 1.165) is 17.7 Å². The number of sulfonamides is 1. The third-order valence-corrected chi connectivity index (χ3v) is 5.46. The SMILES string of the molecule is COc1cccc(CCCNS(=O)(=O)c2cc(Br)ccc2OC)c1. The summed E-state index contributed by atoms with van der Waals surface area (Å²) in [5.74, 6) is 1.12. The van der Waals surface area contributed by atoms with Crippen LogP contribution >= 0.6 is 15.9 Å². The first-order chi connectivity index (χ1) is 11.5. The van der Waals surface area contributed by atoms with Crippen LogP contribution in [-0.4, -0.2) is 29.2 Å². The van der Waals surface area contributed by atoms with Crippen LogP contribution in [0.25, 0.3) is 0 Å². The molecule has 1 N–H and O–H groups in total. The average molecular weight is 414 g/mol. The van der Waals surface area contributed by atoms with Crippen LogP contribution in [0.5, 0.6) is 11.5 Å². The predicted octanol–water partition coefficient (Wildman–Crippen LogP) is 3.38. The molecule has 0 radical (unpaired) electrons. The topological polar surface area (TPSA) is 64.6 Å². The normalized spacial score (nSPS) is 11.3. The Morgan fingerprint density at radius 1 is 1.08 bits per heavy atom. The summed E-state index contributed by atoms with van der Waals surface area (Å²) >= 11 is 3.28. The Labute approximate surface area is 151 Å². The summed E-state index contributed by atoms with van der Waals surface area (Å²) in [6.07, 6.45) is 1.44. The fraction of sp³-hybridized carbons (Fsp3) is 0.294. The number of benzene rings is 2. The molecule has 0 saturated heterocycles. The minimum atomic E-state index is -3.62. The van der Waals surface area contributed by atoms with E-state index in [2.05, 4.69) is 20.7 Å². The summed E-state index contributed by atoms with van der Waals surface area (Å²) in [7, 11) is -0.549.